The van der Waals surface area contributed by atoms with E-state index in [1.165, 1.54) is 77.0 Å². The molecule has 1 aromatic rings. The van der Waals surface area contributed by atoms with Crippen molar-refractivity contribution in [3.8, 4) is 11.5 Å². The van der Waals surface area contributed by atoms with Gasteiger partial charge in [0, 0.05) is 17.5 Å². The summed E-state index contributed by atoms with van der Waals surface area (Å²) in [7, 11) is 1.56. The van der Waals surface area contributed by atoms with Gasteiger partial charge in [0.2, 0.25) is 0 Å². The van der Waals surface area contributed by atoms with Gasteiger partial charge in [-0.25, -0.2) is 4.79 Å². The van der Waals surface area contributed by atoms with Crippen LogP contribution in [0.15, 0.2) is 11.6 Å². The summed E-state index contributed by atoms with van der Waals surface area (Å²) in [6.07, 6.45) is 21.6. The Hall–Kier alpha value is -2.50. The number of ether oxygens (including phenoxy) is 3. The molecule has 0 bridgehead atoms. The molecule has 1 aliphatic rings. The molecule has 0 unspecified atom stereocenters. The number of carbonyl (C=O) groups is 2. The van der Waals surface area contributed by atoms with Gasteiger partial charge < -0.3 is 19.3 Å². The van der Waals surface area contributed by atoms with Gasteiger partial charge in [0.05, 0.1) is 13.7 Å². The SMILES string of the molecule is CCCCCCCCCCCCCCCCOC(=O)CC/C(C)=C/Cc1c(O)c2c(c(C)c1OC)COC2=O. The van der Waals surface area contributed by atoms with E-state index in [1.807, 2.05) is 19.9 Å². The van der Waals surface area contributed by atoms with Crippen LogP contribution in [0, 0.1) is 6.92 Å². The molecule has 0 aromatic heterocycles. The van der Waals surface area contributed by atoms with Gasteiger partial charge in [-0.3, -0.25) is 4.79 Å². The summed E-state index contributed by atoms with van der Waals surface area (Å²) in [6.45, 7) is 6.74. The predicted octanol–water partition coefficient (Wildman–Crippen LogP) is 8.67. The number of hydrogen-bond acceptors (Lipinski definition) is 6. The summed E-state index contributed by atoms with van der Waals surface area (Å²) >= 11 is 0. The number of fused-ring (bicyclic) bond motifs is 1. The van der Waals surface area contributed by atoms with Crippen LogP contribution in [-0.2, 0) is 27.3 Å². The smallest absolute Gasteiger partial charge is 0.342 e. The summed E-state index contributed by atoms with van der Waals surface area (Å²) in [5, 5.41) is 10.7. The second kappa shape index (κ2) is 18.7. The zero-order chi connectivity index (χ0) is 28.5. The number of benzene rings is 1. The first kappa shape index (κ1) is 32.7. The third-order valence-electron chi connectivity index (χ3n) is 7.79. The number of unbranched alkanes of at least 4 members (excludes halogenated alkanes) is 13. The lowest BCUT2D eigenvalue weighted by Gasteiger charge is -2.15. The van der Waals surface area contributed by atoms with Crippen LogP contribution in [0.3, 0.4) is 0 Å². The number of aromatic hydroxyl groups is 1. The number of carbonyl (C=O) groups excluding carboxylic acids is 2. The van der Waals surface area contributed by atoms with E-state index in [-0.39, 0.29) is 23.9 Å². The number of methoxy groups -OCH3 is 1. The minimum absolute atomic E-state index is 0.0772. The van der Waals surface area contributed by atoms with Crippen molar-refractivity contribution in [2.45, 2.75) is 137 Å². The van der Waals surface area contributed by atoms with Gasteiger partial charge in [-0.15, -0.1) is 0 Å². The highest BCUT2D eigenvalue weighted by molar-refractivity contribution is 5.98. The first-order valence-electron chi connectivity index (χ1n) is 15.3. The number of rotatable bonds is 21. The van der Waals surface area contributed by atoms with E-state index in [1.54, 1.807) is 7.11 Å². The first-order chi connectivity index (χ1) is 18.9. The molecule has 0 amide bonds. The molecule has 0 fully saturated rings. The Morgan fingerprint density at radius 2 is 1.49 bits per heavy atom. The van der Waals surface area contributed by atoms with Crippen LogP contribution < -0.4 is 4.74 Å². The molecule has 1 heterocycles. The second-order valence-corrected chi connectivity index (χ2v) is 11.0. The fourth-order valence-corrected chi connectivity index (χ4v) is 5.26. The Kier molecular flexibility index (Phi) is 15.7. The molecular formula is C33H52O6. The quantitative estimate of drug-likeness (QED) is 0.0947. The zero-order valence-electron chi connectivity index (χ0n) is 25.0. The second-order valence-electron chi connectivity index (χ2n) is 11.0. The van der Waals surface area contributed by atoms with Crippen LogP contribution in [0.5, 0.6) is 11.5 Å². The van der Waals surface area contributed by atoms with E-state index in [2.05, 4.69) is 6.92 Å². The molecular weight excluding hydrogens is 492 g/mol. The Balaban J connectivity index is 1.56. The third kappa shape index (κ3) is 11.3. The van der Waals surface area contributed by atoms with Gasteiger partial charge in [-0.2, -0.15) is 0 Å². The highest BCUT2D eigenvalue weighted by Crippen LogP contribution is 2.42. The van der Waals surface area contributed by atoms with Gasteiger partial charge in [0.25, 0.3) is 0 Å². The Morgan fingerprint density at radius 3 is 2.05 bits per heavy atom. The van der Waals surface area contributed by atoms with Crippen molar-refractivity contribution in [2.24, 2.45) is 0 Å². The average Bonchev–Trinajstić information content (AvgIpc) is 3.32. The number of allylic oxidation sites excluding steroid dienone is 2. The summed E-state index contributed by atoms with van der Waals surface area (Å²) < 4.78 is 16.1. The standard InChI is InChI=1S/C33H52O6/c1-5-6-7-8-9-10-11-12-13-14-15-16-17-18-23-38-29(34)22-20-25(2)19-21-27-31(35)30-28(24-39-33(30)36)26(3)32(27)37-4/h19,35H,5-18,20-24H2,1-4H3/b25-19+. The highest BCUT2D eigenvalue weighted by atomic mass is 16.5. The van der Waals surface area contributed by atoms with Crippen molar-refractivity contribution in [1.82, 2.24) is 0 Å². The van der Waals surface area contributed by atoms with Gasteiger partial charge in [0.1, 0.15) is 23.7 Å². The monoisotopic (exact) mass is 544 g/mol. The fourth-order valence-electron chi connectivity index (χ4n) is 5.26. The van der Waals surface area contributed by atoms with E-state index in [0.717, 1.165) is 24.0 Å². The maximum atomic E-state index is 12.2. The Morgan fingerprint density at radius 1 is 0.923 bits per heavy atom. The van der Waals surface area contributed by atoms with Crippen molar-refractivity contribution in [2.75, 3.05) is 13.7 Å². The van der Waals surface area contributed by atoms with Crippen molar-refractivity contribution in [1.29, 1.82) is 0 Å². The van der Waals surface area contributed by atoms with Crippen molar-refractivity contribution < 1.29 is 28.9 Å². The van der Waals surface area contributed by atoms with E-state index < -0.39 is 5.97 Å². The fraction of sp³-hybridized carbons (Fsp3) is 0.697. The Bertz CT molecular complexity index is 933. The molecule has 220 valence electrons. The van der Waals surface area contributed by atoms with Crippen LogP contribution in [0.1, 0.15) is 144 Å². The van der Waals surface area contributed by atoms with E-state index in [9.17, 15) is 14.7 Å². The molecule has 0 spiro atoms. The molecule has 6 nitrogen and oxygen atoms in total. The van der Waals surface area contributed by atoms with Crippen molar-refractivity contribution in [3.05, 3.63) is 33.9 Å². The van der Waals surface area contributed by atoms with Gasteiger partial charge in [-0.05, 0) is 38.7 Å². The van der Waals surface area contributed by atoms with E-state index in [4.69, 9.17) is 14.2 Å². The number of esters is 2. The minimum atomic E-state index is -0.503. The largest absolute Gasteiger partial charge is 0.507 e. The van der Waals surface area contributed by atoms with Crippen LogP contribution >= 0.6 is 0 Å². The van der Waals surface area contributed by atoms with Gasteiger partial charge >= 0.3 is 11.9 Å². The molecule has 6 heteroatoms. The maximum absolute atomic E-state index is 12.2. The maximum Gasteiger partial charge on any atom is 0.342 e. The van der Waals surface area contributed by atoms with Gasteiger partial charge in [0.15, 0.2) is 0 Å². The molecule has 0 aliphatic carbocycles. The molecule has 2 rings (SSSR count). The lowest BCUT2D eigenvalue weighted by Crippen LogP contribution is -2.06. The highest BCUT2D eigenvalue weighted by Gasteiger charge is 2.31. The van der Waals surface area contributed by atoms with Crippen LogP contribution in [0.2, 0.25) is 0 Å². The topological polar surface area (TPSA) is 82.1 Å². The normalized spacial score (nSPS) is 12.9. The number of hydrogen-bond donors (Lipinski definition) is 1. The molecule has 0 atom stereocenters. The lowest BCUT2D eigenvalue weighted by atomic mass is 9.94. The molecule has 0 saturated carbocycles. The predicted molar refractivity (Wildman–Crippen MR) is 156 cm³/mol. The van der Waals surface area contributed by atoms with Gasteiger partial charge in [-0.1, -0.05) is 102 Å². The number of cyclic esters (lactones) is 1. The zero-order valence-corrected chi connectivity index (χ0v) is 25.0. The number of phenols is 1. The molecule has 0 radical (unpaired) electrons. The summed E-state index contributed by atoms with van der Waals surface area (Å²) in [5.74, 6) is -0.182. The van der Waals surface area contributed by atoms with Crippen molar-refractivity contribution >= 4 is 11.9 Å². The summed E-state index contributed by atoms with van der Waals surface area (Å²) in [5.41, 5.74) is 3.31. The first-order valence-corrected chi connectivity index (χ1v) is 15.3. The average molecular weight is 545 g/mol. The molecule has 1 aromatic carbocycles. The lowest BCUT2D eigenvalue weighted by molar-refractivity contribution is -0.143. The summed E-state index contributed by atoms with van der Waals surface area (Å²) in [4.78, 5) is 24.2. The molecule has 0 saturated heterocycles. The number of phenolic OH excluding ortho intramolecular Hbond substituents is 1. The van der Waals surface area contributed by atoms with Crippen LogP contribution in [-0.4, -0.2) is 30.8 Å². The van der Waals surface area contributed by atoms with Crippen molar-refractivity contribution in [3.63, 3.8) is 0 Å². The van der Waals surface area contributed by atoms with E-state index in [0.29, 0.717) is 42.7 Å². The molecule has 1 aliphatic heterocycles. The van der Waals surface area contributed by atoms with Crippen LogP contribution in [0.4, 0.5) is 0 Å². The Labute approximate surface area is 236 Å². The van der Waals surface area contributed by atoms with E-state index >= 15 is 0 Å². The third-order valence-corrected chi connectivity index (χ3v) is 7.79. The minimum Gasteiger partial charge on any atom is -0.507 e. The van der Waals surface area contributed by atoms with Crippen LogP contribution in [0.25, 0.3) is 0 Å². The summed E-state index contributed by atoms with van der Waals surface area (Å²) in [6, 6.07) is 0. The molecule has 39 heavy (non-hydrogen) atoms. The molecule has 1 N–H and O–H groups in total.